The predicted molar refractivity (Wildman–Crippen MR) is 95.3 cm³/mol. The Morgan fingerprint density at radius 2 is 2.32 bits per heavy atom. The Hall–Kier alpha value is -1.41. The van der Waals surface area contributed by atoms with Crippen molar-refractivity contribution < 1.29 is 0 Å². The second-order valence-electron chi connectivity index (χ2n) is 4.94. The van der Waals surface area contributed by atoms with E-state index in [1.165, 1.54) is 5.57 Å². The number of hydrazine groups is 2. The number of nitrogens with zero attached hydrogens (tertiary/aromatic N) is 2. The Morgan fingerprint density at radius 3 is 3.05 bits per heavy atom. The van der Waals surface area contributed by atoms with Gasteiger partial charge >= 0.3 is 0 Å². The number of nitrogens with one attached hydrogen (secondary N) is 3. The van der Waals surface area contributed by atoms with Crippen LogP contribution in [0.2, 0.25) is 0 Å². The molecule has 3 rings (SSSR count). The molecule has 7 heteroatoms. The maximum Gasteiger partial charge on any atom is 0.127 e. The summed E-state index contributed by atoms with van der Waals surface area (Å²) < 4.78 is 0.859. The van der Waals surface area contributed by atoms with Crippen molar-refractivity contribution in [1.29, 1.82) is 0 Å². The fraction of sp³-hybridized carbons (Fsp3) is 0.267. The van der Waals surface area contributed by atoms with Gasteiger partial charge in [0.25, 0.3) is 0 Å². The average molecular weight is 380 g/mol. The molecule has 2 aliphatic rings. The zero-order valence-corrected chi connectivity index (χ0v) is 15.0. The lowest BCUT2D eigenvalue weighted by Crippen LogP contribution is -2.32. The van der Waals surface area contributed by atoms with Gasteiger partial charge in [0.15, 0.2) is 0 Å². The summed E-state index contributed by atoms with van der Waals surface area (Å²) in [7, 11) is 1.85. The number of thiazole rings is 1. The summed E-state index contributed by atoms with van der Waals surface area (Å²) in [4.78, 5) is 5.81. The third kappa shape index (κ3) is 2.65. The van der Waals surface area contributed by atoms with Crippen LogP contribution in [0.3, 0.4) is 0 Å². The second kappa shape index (κ2) is 6.37. The van der Waals surface area contributed by atoms with Gasteiger partial charge in [0.05, 0.1) is 22.3 Å². The summed E-state index contributed by atoms with van der Waals surface area (Å²) in [6.45, 7) is 4.16. The minimum atomic E-state index is 0.222. The van der Waals surface area contributed by atoms with Crippen molar-refractivity contribution in [3.05, 3.63) is 50.7 Å². The Bertz CT molecular complexity index is 701. The average Bonchev–Trinajstić information content (AvgIpc) is 3.03. The smallest absolute Gasteiger partial charge is 0.127 e. The van der Waals surface area contributed by atoms with Gasteiger partial charge in [-0.3, -0.25) is 5.01 Å². The van der Waals surface area contributed by atoms with Crippen LogP contribution in [-0.2, 0) is 0 Å². The van der Waals surface area contributed by atoms with Gasteiger partial charge in [0.2, 0.25) is 0 Å². The SMILES string of the molecule is CC=C(NNC)c1sc(C2=C3C=CC=CN3NC2C)nc1Br. The van der Waals surface area contributed by atoms with Crippen LogP contribution >= 0.6 is 27.3 Å². The van der Waals surface area contributed by atoms with Crippen LogP contribution in [0.4, 0.5) is 0 Å². The minimum Gasteiger partial charge on any atom is -0.321 e. The summed E-state index contributed by atoms with van der Waals surface area (Å²) in [6.07, 6.45) is 10.2. The van der Waals surface area contributed by atoms with Crippen molar-refractivity contribution in [3.63, 3.8) is 0 Å². The summed E-state index contributed by atoms with van der Waals surface area (Å²) in [6, 6.07) is 0.222. The van der Waals surface area contributed by atoms with Crippen LogP contribution in [0.25, 0.3) is 11.3 Å². The highest BCUT2D eigenvalue weighted by Crippen LogP contribution is 2.38. The molecule has 0 saturated heterocycles. The maximum atomic E-state index is 4.73. The summed E-state index contributed by atoms with van der Waals surface area (Å²) in [5, 5.41) is 3.08. The number of hydrogen-bond donors (Lipinski definition) is 3. The maximum absolute atomic E-state index is 4.73. The first-order chi connectivity index (χ1) is 10.7. The van der Waals surface area contributed by atoms with Crippen molar-refractivity contribution in [3.8, 4) is 0 Å². The van der Waals surface area contributed by atoms with Crippen LogP contribution in [0, 0.1) is 0 Å². The quantitative estimate of drug-likeness (QED) is 0.702. The monoisotopic (exact) mass is 379 g/mol. The Kier molecular flexibility index (Phi) is 4.49. The van der Waals surface area contributed by atoms with E-state index in [1.54, 1.807) is 11.3 Å². The van der Waals surface area contributed by atoms with E-state index < -0.39 is 0 Å². The molecule has 3 heterocycles. The predicted octanol–water partition coefficient (Wildman–Crippen LogP) is 2.99. The molecule has 1 aromatic heterocycles. The first kappa shape index (κ1) is 15.5. The number of aromatic nitrogens is 1. The molecule has 1 aromatic rings. The van der Waals surface area contributed by atoms with Gasteiger partial charge in [-0.1, -0.05) is 12.2 Å². The number of halogens is 1. The molecule has 116 valence electrons. The van der Waals surface area contributed by atoms with E-state index >= 15 is 0 Å². The molecule has 0 fully saturated rings. The zero-order chi connectivity index (χ0) is 15.7. The van der Waals surface area contributed by atoms with Gasteiger partial charge in [0, 0.05) is 18.8 Å². The number of allylic oxidation sites excluding steroid dienone is 4. The van der Waals surface area contributed by atoms with Crippen molar-refractivity contribution in [2.75, 3.05) is 7.05 Å². The third-order valence-corrected chi connectivity index (χ3v) is 5.47. The molecular formula is C15H18BrN5S. The first-order valence-corrected chi connectivity index (χ1v) is 8.67. The summed E-state index contributed by atoms with van der Waals surface area (Å²) in [5.41, 5.74) is 12.9. The van der Waals surface area contributed by atoms with Crippen LogP contribution in [0.5, 0.6) is 0 Å². The fourth-order valence-corrected chi connectivity index (χ4v) is 4.42. The fourth-order valence-electron chi connectivity index (χ4n) is 2.54. The largest absolute Gasteiger partial charge is 0.321 e. The molecule has 0 aliphatic carbocycles. The van der Waals surface area contributed by atoms with E-state index in [1.807, 2.05) is 32.3 Å². The van der Waals surface area contributed by atoms with Crippen molar-refractivity contribution in [1.82, 2.24) is 26.3 Å². The number of fused-ring (bicyclic) bond motifs is 1. The topological polar surface area (TPSA) is 52.2 Å². The molecule has 5 nitrogen and oxygen atoms in total. The van der Waals surface area contributed by atoms with Gasteiger partial charge in [-0.25, -0.2) is 15.8 Å². The van der Waals surface area contributed by atoms with E-state index in [0.29, 0.717) is 0 Å². The highest BCUT2D eigenvalue weighted by Gasteiger charge is 2.30. The van der Waals surface area contributed by atoms with E-state index in [2.05, 4.69) is 56.3 Å². The van der Waals surface area contributed by atoms with E-state index in [9.17, 15) is 0 Å². The third-order valence-electron chi connectivity index (χ3n) is 3.51. The molecular weight excluding hydrogens is 362 g/mol. The highest BCUT2D eigenvalue weighted by atomic mass is 79.9. The van der Waals surface area contributed by atoms with Crippen LogP contribution < -0.4 is 16.3 Å². The number of hydrogen-bond acceptors (Lipinski definition) is 6. The van der Waals surface area contributed by atoms with Crippen molar-refractivity contribution >= 4 is 38.5 Å². The molecule has 0 saturated carbocycles. The summed E-state index contributed by atoms with van der Waals surface area (Å²) in [5.74, 6) is 0. The molecule has 0 radical (unpaired) electrons. The molecule has 22 heavy (non-hydrogen) atoms. The molecule has 2 aliphatic heterocycles. The molecule has 0 amide bonds. The molecule has 0 bridgehead atoms. The van der Waals surface area contributed by atoms with E-state index in [-0.39, 0.29) is 6.04 Å². The zero-order valence-electron chi connectivity index (χ0n) is 12.6. The van der Waals surface area contributed by atoms with Gasteiger partial charge in [0.1, 0.15) is 9.61 Å². The van der Waals surface area contributed by atoms with Crippen molar-refractivity contribution in [2.45, 2.75) is 19.9 Å². The summed E-state index contributed by atoms with van der Waals surface area (Å²) >= 11 is 5.26. The minimum absolute atomic E-state index is 0.222. The lowest BCUT2D eigenvalue weighted by Gasteiger charge is -2.18. The lowest BCUT2D eigenvalue weighted by atomic mass is 10.1. The van der Waals surface area contributed by atoms with Gasteiger partial charge in [-0.15, -0.1) is 11.3 Å². The van der Waals surface area contributed by atoms with E-state index in [0.717, 1.165) is 25.9 Å². The highest BCUT2D eigenvalue weighted by molar-refractivity contribution is 9.10. The number of rotatable bonds is 4. The van der Waals surface area contributed by atoms with Crippen molar-refractivity contribution in [2.24, 2.45) is 0 Å². The Labute approximate surface area is 142 Å². The van der Waals surface area contributed by atoms with Gasteiger partial charge in [-0.05, 0) is 41.9 Å². The Balaban J connectivity index is 2.03. The standard InChI is InChI=1S/C15H18BrN5S/c1-4-10(19-17-3)13-14(16)18-15(22-13)12-9(2)20-21-8-6-5-7-11(12)21/h4-9,17,19-20H,1-3H3. The van der Waals surface area contributed by atoms with E-state index in [4.69, 9.17) is 4.98 Å². The molecule has 1 unspecified atom stereocenters. The van der Waals surface area contributed by atoms with Gasteiger partial charge in [-0.2, -0.15) is 0 Å². The lowest BCUT2D eigenvalue weighted by molar-refractivity contribution is 0.360. The van der Waals surface area contributed by atoms with Gasteiger partial charge < -0.3 is 5.43 Å². The molecule has 1 atom stereocenters. The Morgan fingerprint density at radius 1 is 1.50 bits per heavy atom. The molecule has 0 aromatic carbocycles. The first-order valence-electron chi connectivity index (χ1n) is 7.06. The van der Waals surface area contributed by atoms with Crippen LogP contribution in [-0.4, -0.2) is 23.1 Å². The molecule has 3 N–H and O–H groups in total. The van der Waals surface area contributed by atoms with Crippen LogP contribution in [0.15, 0.2) is 40.8 Å². The normalized spacial score (nSPS) is 20.8. The van der Waals surface area contributed by atoms with Crippen LogP contribution in [0.1, 0.15) is 23.7 Å². The molecule has 0 spiro atoms. The second-order valence-corrected chi connectivity index (χ2v) is 6.69.